The molecule has 4 rings (SSSR count). The second-order valence-electron chi connectivity index (χ2n) is 8.74. The molecule has 2 amide bonds. The van der Waals surface area contributed by atoms with Crippen LogP contribution in [0.2, 0.25) is 0 Å². The van der Waals surface area contributed by atoms with Gasteiger partial charge in [-0.25, -0.2) is 0 Å². The molecule has 0 bridgehead atoms. The Morgan fingerprint density at radius 2 is 1.77 bits per heavy atom. The molecular weight excluding hydrogens is 372 g/mol. The third-order valence-electron chi connectivity index (χ3n) is 6.14. The summed E-state index contributed by atoms with van der Waals surface area (Å²) in [6.45, 7) is 6.56. The van der Waals surface area contributed by atoms with Gasteiger partial charge in [0.15, 0.2) is 0 Å². The number of nitrogens with zero attached hydrogens (tertiary/aromatic N) is 2. The van der Waals surface area contributed by atoms with Crippen molar-refractivity contribution < 1.29 is 9.59 Å². The largest absolute Gasteiger partial charge is 0.335 e. The van der Waals surface area contributed by atoms with Crippen LogP contribution in [-0.4, -0.2) is 27.7 Å². The third kappa shape index (κ3) is 4.33. The van der Waals surface area contributed by atoms with E-state index in [0.717, 1.165) is 29.5 Å². The quantitative estimate of drug-likeness (QED) is 0.661. The predicted octanol–water partition coefficient (Wildman–Crippen LogP) is 5.27. The van der Waals surface area contributed by atoms with Crippen LogP contribution < -0.4 is 0 Å². The molecule has 1 aliphatic carbocycles. The maximum absolute atomic E-state index is 13.4. The second-order valence-corrected chi connectivity index (χ2v) is 8.74. The van der Waals surface area contributed by atoms with Crippen molar-refractivity contribution in [2.24, 2.45) is 0 Å². The molecule has 156 valence electrons. The summed E-state index contributed by atoms with van der Waals surface area (Å²) >= 11 is 0. The van der Waals surface area contributed by atoms with Gasteiger partial charge in [0, 0.05) is 25.7 Å². The lowest BCUT2D eigenvalue weighted by atomic mass is 9.93. The highest BCUT2D eigenvalue weighted by Crippen LogP contribution is 2.35. The number of carbonyl (C=O) groups is 2. The van der Waals surface area contributed by atoms with Gasteiger partial charge in [-0.05, 0) is 47.1 Å². The van der Waals surface area contributed by atoms with E-state index in [1.807, 2.05) is 41.4 Å². The summed E-state index contributed by atoms with van der Waals surface area (Å²) in [6.07, 6.45) is 6.20. The Morgan fingerprint density at radius 1 is 1.07 bits per heavy atom. The molecule has 0 saturated heterocycles. The summed E-state index contributed by atoms with van der Waals surface area (Å²) in [7, 11) is 0. The van der Waals surface area contributed by atoms with Crippen LogP contribution in [0.25, 0.3) is 6.08 Å². The highest BCUT2D eigenvalue weighted by Gasteiger charge is 2.36. The average Bonchev–Trinajstić information content (AvgIpc) is 3.57. The van der Waals surface area contributed by atoms with Crippen LogP contribution in [0.1, 0.15) is 74.2 Å². The summed E-state index contributed by atoms with van der Waals surface area (Å²) in [5, 5.41) is 0. The van der Waals surface area contributed by atoms with E-state index in [1.165, 1.54) is 5.56 Å². The van der Waals surface area contributed by atoms with Crippen LogP contribution in [0.15, 0.2) is 54.7 Å². The second kappa shape index (κ2) is 8.47. The molecule has 1 aliphatic heterocycles. The van der Waals surface area contributed by atoms with E-state index in [4.69, 9.17) is 0 Å². The van der Waals surface area contributed by atoms with Crippen molar-refractivity contribution in [2.75, 3.05) is 0 Å². The number of hydrogen-bond donors (Lipinski definition) is 0. The standard InChI is InChI=1S/C26H30N2O2/c1-18(2)21-10-8-20(9-11-21)17-28(23-12-13-23)26(30)16-25-24-7-5-4-6-22(24)14-15-27(25)19(3)29/h4-11,14-15,18,23,25H,12-13,16-17H2,1-3H3/t25-/m1/s1. The van der Waals surface area contributed by atoms with E-state index >= 15 is 0 Å². The Labute approximate surface area is 179 Å². The van der Waals surface area contributed by atoms with Crippen molar-refractivity contribution in [3.63, 3.8) is 0 Å². The van der Waals surface area contributed by atoms with Crippen LogP contribution in [0.3, 0.4) is 0 Å². The van der Waals surface area contributed by atoms with Crippen LogP contribution in [-0.2, 0) is 16.1 Å². The van der Waals surface area contributed by atoms with Crippen molar-refractivity contribution in [2.45, 2.75) is 64.6 Å². The molecule has 30 heavy (non-hydrogen) atoms. The summed E-state index contributed by atoms with van der Waals surface area (Å²) in [6, 6.07) is 16.7. The topological polar surface area (TPSA) is 40.6 Å². The third-order valence-corrected chi connectivity index (χ3v) is 6.14. The maximum atomic E-state index is 13.4. The van der Waals surface area contributed by atoms with E-state index in [0.29, 0.717) is 24.9 Å². The zero-order chi connectivity index (χ0) is 21.3. The first-order chi connectivity index (χ1) is 14.4. The predicted molar refractivity (Wildman–Crippen MR) is 119 cm³/mol. The van der Waals surface area contributed by atoms with Gasteiger partial charge in [-0.1, -0.05) is 62.4 Å². The Bertz CT molecular complexity index is 957. The summed E-state index contributed by atoms with van der Waals surface area (Å²) < 4.78 is 0. The number of amides is 2. The highest BCUT2D eigenvalue weighted by atomic mass is 16.2. The summed E-state index contributed by atoms with van der Waals surface area (Å²) in [5.41, 5.74) is 4.59. The van der Waals surface area contributed by atoms with Crippen LogP contribution in [0.4, 0.5) is 0 Å². The number of carbonyl (C=O) groups excluding carboxylic acids is 2. The minimum atomic E-state index is -0.249. The molecule has 0 unspecified atom stereocenters. The molecule has 1 fully saturated rings. The minimum absolute atomic E-state index is 0.0409. The van der Waals surface area contributed by atoms with Gasteiger partial charge < -0.3 is 9.80 Å². The fourth-order valence-corrected chi connectivity index (χ4v) is 4.21. The first-order valence-corrected chi connectivity index (χ1v) is 10.9. The molecule has 1 atom stereocenters. The maximum Gasteiger partial charge on any atom is 0.225 e. The van der Waals surface area contributed by atoms with Gasteiger partial charge in [0.1, 0.15) is 0 Å². The van der Waals surface area contributed by atoms with E-state index in [1.54, 1.807) is 11.8 Å². The van der Waals surface area contributed by atoms with Crippen molar-refractivity contribution >= 4 is 17.9 Å². The average molecular weight is 403 g/mol. The lowest BCUT2D eigenvalue weighted by molar-refractivity contribution is -0.135. The first-order valence-electron chi connectivity index (χ1n) is 10.9. The van der Waals surface area contributed by atoms with E-state index in [2.05, 4.69) is 38.1 Å². The Kier molecular flexibility index (Phi) is 5.76. The van der Waals surface area contributed by atoms with Gasteiger partial charge in [0.25, 0.3) is 0 Å². The highest BCUT2D eigenvalue weighted by molar-refractivity contribution is 5.82. The van der Waals surface area contributed by atoms with E-state index < -0.39 is 0 Å². The number of benzene rings is 2. The lowest BCUT2D eigenvalue weighted by Gasteiger charge is -2.34. The fourth-order valence-electron chi connectivity index (χ4n) is 4.21. The van der Waals surface area contributed by atoms with Gasteiger partial charge in [0.05, 0.1) is 12.5 Å². The Morgan fingerprint density at radius 3 is 2.40 bits per heavy atom. The zero-order valence-electron chi connectivity index (χ0n) is 18.0. The summed E-state index contributed by atoms with van der Waals surface area (Å²) in [4.78, 5) is 29.4. The molecule has 0 aromatic heterocycles. The van der Waals surface area contributed by atoms with Crippen LogP contribution >= 0.6 is 0 Å². The van der Waals surface area contributed by atoms with Gasteiger partial charge in [-0.15, -0.1) is 0 Å². The van der Waals surface area contributed by atoms with Crippen LogP contribution in [0, 0.1) is 0 Å². The molecule has 0 spiro atoms. The SMILES string of the molecule is CC(=O)N1C=Cc2ccccc2[C@H]1CC(=O)N(Cc1ccc(C(C)C)cc1)C1CC1. The molecule has 4 heteroatoms. The van der Waals surface area contributed by atoms with Crippen molar-refractivity contribution in [1.82, 2.24) is 9.80 Å². The molecule has 1 heterocycles. The minimum Gasteiger partial charge on any atom is -0.335 e. The molecule has 2 aromatic carbocycles. The molecule has 2 aliphatic rings. The smallest absolute Gasteiger partial charge is 0.225 e. The van der Waals surface area contributed by atoms with Crippen molar-refractivity contribution in [1.29, 1.82) is 0 Å². The Hall–Kier alpha value is -2.88. The van der Waals surface area contributed by atoms with Crippen molar-refractivity contribution in [3.05, 3.63) is 77.0 Å². The first kappa shape index (κ1) is 20.4. The van der Waals surface area contributed by atoms with E-state index in [9.17, 15) is 9.59 Å². The van der Waals surface area contributed by atoms with Gasteiger partial charge in [0.2, 0.25) is 11.8 Å². The monoisotopic (exact) mass is 402 g/mol. The van der Waals surface area contributed by atoms with Gasteiger partial charge in [-0.3, -0.25) is 9.59 Å². The normalized spacial score (nSPS) is 17.7. The Balaban J connectivity index is 1.54. The number of rotatable bonds is 6. The number of hydrogen-bond acceptors (Lipinski definition) is 2. The van der Waals surface area contributed by atoms with Gasteiger partial charge >= 0.3 is 0 Å². The molecular formula is C26H30N2O2. The summed E-state index contributed by atoms with van der Waals surface area (Å²) in [5.74, 6) is 0.574. The molecule has 0 radical (unpaired) electrons. The molecule has 4 nitrogen and oxygen atoms in total. The molecule has 2 aromatic rings. The van der Waals surface area contributed by atoms with E-state index in [-0.39, 0.29) is 17.9 Å². The molecule has 1 saturated carbocycles. The fraction of sp³-hybridized carbons (Fsp3) is 0.385. The molecule has 0 N–H and O–H groups in total. The van der Waals surface area contributed by atoms with Crippen LogP contribution in [0.5, 0.6) is 0 Å². The van der Waals surface area contributed by atoms with Gasteiger partial charge in [-0.2, -0.15) is 0 Å². The number of fused-ring (bicyclic) bond motifs is 1. The zero-order valence-corrected chi connectivity index (χ0v) is 18.0. The lowest BCUT2D eigenvalue weighted by Crippen LogP contribution is -2.38. The van der Waals surface area contributed by atoms with Crippen molar-refractivity contribution in [3.8, 4) is 0 Å².